The van der Waals surface area contributed by atoms with Crippen molar-refractivity contribution in [1.29, 1.82) is 0 Å². The van der Waals surface area contributed by atoms with Crippen molar-refractivity contribution in [1.82, 2.24) is 4.98 Å². The van der Waals surface area contributed by atoms with Crippen molar-refractivity contribution < 1.29 is 9.90 Å². The molecule has 0 saturated heterocycles. The van der Waals surface area contributed by atoms with E-state index in [2.05, 4.69) is 20.5 Å². The number of fused-ring (bicyclic) bond motifs is 1. The lowest BCUT2D eigenvalue weighted by atomic mass is 10.2. The minimum atomic E-state index is -0.683. The van der Waals surface area contributed by atoms with E-state index < -0.39 is 6.03 Å². The molecule has 22 heavy (non-hydrogen) atoms. The lowest BCUT2D eigenvalue weighted by Gasteiger charge is -2.02. The number of carbonyl (C=O) groups excluding carboxylic acids is 1. The van der Waals surface area contributed by atoms with Gasteiger partial charge in [0, 0.05) is 5.39 Å². The first-order chi connectivity index (χ1) is 10.6. The van der Waals surface area contributed by atoms with E-state index >= 15 is 0 Å². The number of anilines is 1. The molecule has 1 aromatic heterocycles. The van der Waals surface area contributed by atoms with Crippen LogP contribution in [0.3, 0.4) is 0 Å². The summed E-state index contributed by atoms with van der Waals surface area (Å²) in [5, 5.41) is 20.8. The van der Waals surface area contributed by atoms with Gasteiger partial charge in [-0.2, -0.15) is 0 Å². The number of azo groups is 1. The highest BCUT2D eigenvalue weighted by Crippen LogP contribution is 2.35. The van der Waals surface area contributed by atoms with Crippen molar-refractivity contribution in [3.63, 3.8) is 0 Å². The number of aromatic nitrogens is 1. The highest BCUT2D eigenvalue weighted by molar-refractivity contribution is 6.33. The van der Waals surface area contributed by atoms with Crippen LogP contribution in [0, 0.1) is 0 Å². The normalized spacial score (nSPS) is 11.1. The minimum absolute atomic E-state index is 0.143. The van der Waals surface area contributed by atoms with E-state index in [4.69, 9.17) is 11.6 Å². The Morgan fingerprint density at radius 1 is 1.14 bits per heavy atom. The number of benzene rings is 2. The largest absolute Gasteiger partial charge is 0.493 e. The topological polar surface area (TPSA) is 89.8 Å². The van der Waals surface area contributed by atoms with Crippen molar-refractivity contribution in [3.8, 4) is 5.88 Å². The maximum absolute atomic E-state index is 11.8. The van der Waals surface area contributed by atoms with E-state index in [0.29, 0.717) is 21.6 Å². The Hall–Kier alpha value is -2.86. The summed E-state index contributed by atoms with van der Waals surface area (Å²) in [6, 6.07) is 13.3. The fourth-order valence-corrected chi connectivity index (χ4v) is 2.20. The van der Waals surface area contributed by atoms with Crippen LogP contribution in [0.2, 0.25) is 5.02 Å². The van der Waals surface area contributed by atoms with Crippen LogP contribution in [-0.2, 0) is 0 Å². The maximum atomic E-state index is 11.8. The number of halogens is 1. The molecular weight excluding hydrogens is 304 g/mol. The molecule has 3 rings (SSSR count). The molecule has 2 aromatic carbocycles. The van der Waals surface area contributed by atoms with Gasteiger partial charge in [-0.25, -0.2) is 4.79 Å². The molecule has 0 atom stereocenters. The van der Waals surface area contributed by atoms with E-state index in [1.807, 2.05) is 6.07 Å². The smallest absolute Gasteiger partial charge is 0.364 e. The maximum Gasteiger partial charge on any atom is 0.364 e. The highest BCUT2D eigenvalue weighted by Gasteiger charge is 2.10. The number of aromatic hydroxyl groups is 1. The van der Waals surface area contributed by atoms with Gasteiger partial charge in [-0.05, 0) is 18.2 Å². The monoisotopic (exact) mass is 314 g/mol. The van der Waals surface area contributed by atoms with Crippen LogP contribution >= 0.6 is 11.6 Å². The van der Waals surface area contributed by atoms with Gasteiger partial charge in [0.1, 0.15) is 0 Å². The number of aromatic amines is 1. The van der Waals surface area contributed by atoms with E-state index in [1.165, 1.54) is 0 Å². The Morgan fingerprint density at radius 2 is 1.86 bits per heavy atom. The number of nitrogens with one attached hydrogen (secondary N) is 2. The first-order valence-corrected chi connectivity index (χ1v) is 6.80. The Balaban J connectivity index is 1.82. The predicted molar refractivity (Wildman–Crippen MR) is 85.0 cm³/mol. The number of rotatable bonds is 2. The van der Waals surface area contributed by atoms with Crippen molar-refractivity contribution in [2.75, 3.05) is 5.32 Å². The zero-order valence-corrected chi connectivity index (χ0v) is 12.0. The van der Waals surface area contributed by atoms with Crippen LogP contribution in [0.25, 0.3) is 10.9 Å². The number of carbonyl (C=O) groups is 1. The van der Waals surface area contributed by atoms with Crippen molar-refractivity contribution in [3.05, 3.63) is 53.6 Å². The summed E-state index contributed by atoms with van der Waals surface area (Å²) < 4.78 is 0. The van der Waals surface area contributed by atoms with Crippen LogP contribution in [0.4, 0.5) is 16.2 Å². The average molecular weight is 315 g/mol. The van der Waals surface area contributed by atoms with Crippen molar-refractivity contribution >= 4 is 39.9 Å². The Bertz CT molecular complexity index is 873. The second-order valence-corrected chi connectivity index (χ2v) is 4.88. The number of para-hydroxylation sites is 2. The lowest BCUT2D eigenvalue weighted by Crippen LogP contribution is -2.05. The van der Waals surface area contributed by atoms with E-state index in [9.17, 15) is 9.90 Å². The minimum Gasteiger partial charge on any atom is -0.493 e. The first-order valence-electron chi connectivity index (χ1n) is 6.42. The molecular formula is C15H11ClN4O2. The van der Waals surface area contributed by atoms with E-state index in [-0.39, 0.29) is 11.6 Å². The molecule has 110 valence electrons. The molecule has 0 radical (unpaired) electrons. The van der Waals surface area contributed by atoms with E-state index in [1.54, 1.807) is 42.5 Å². The SMILES string of the molecule is O=C(N=Nc1c(O)[nH]c2ccccc12)Nc1ccccc1Cl. The van der Waals surface area contributed by atoms with Crippen LogP contribution in [0.1, 0.15) is 0 Å². The summed E-state index contributed by atoms with van der Waals surface area (Å²) in [6.45, 7) is 0. The van der Waals surface area contributed by atoms with Gasteiger partial charge in [-0.15, -0.1) is 5.11 Å². The third kappa shape index (κ3) is 2.77. The zero-order valence-electron chi connectivity index (χ0n) is 11.2. The van der Waals surface area contributed by atoms with Gasteiger partial charge in [-0.1, -0.05) is 47.0 Å². The predicted octanol–water partition coefficient (Wildman–Crippen LogP) is 4.84. The van der Waals surface area contributed by atoms with Crippen molar-refractivity contribution in [2.45, 2.75) is 0 Å². The van der Waals surface area contributed by atoms with Crippen LogP contribution in [0.5, 0.6) is 5.88 Å². The Labute approximate surface area is 130 Å². The Morgan fingerprint density at radius 3 is 2.68 bits per heavy atom. The van der Waals surface area contributed by atoms with Crippen LogP contribution in [-0.4, -0.2) is 16.1 Å². The summed E-state index contributed by atoms with van der Waals surface area (Å²) in [7, 11) is 0. The summed E-state index contributed by atoms with van der Waals surface area (Å²) >= 11 is 5.94. The van der Waals surface area contributed by atoms with Crippen LogP contribution in [0.15, 0.2) is 58.8 Å². The molecule has 0 fully saturated rings. The zero-order chi connectivity index (χ0) is 15.5. The molecule has 2 amide bonds. The molecule has 0 unspecified atom stereocenters. The van der Waals surface area contributed by atoms with Gasteiger partial charge in [0.2, 0.25) is 5.88 Å². The van der Waals surface area contributed by atoms with Crippen molar-refractivity contribution in [2.24, 2.45) is 10.2 Å². The number of amides is 2. The molecule has 1 heterocycles. The average Bonchev–Trinajstić information content (AvgIpc) is 2.83. The van der Waals surface area contributed by atoms with Gasteiger partial charge in [0.25, 0.3) is 0 Å². The summed E-state index contributed by atoms with van der Waals surface area (Å²) in [6.07, 6.45) is 0. The third-order valence-corrected chi connectivity index (χ3v) is 3.35. The molecule has 6 nitrogen and oxygen atoms in total. The van der Waals surface area contributed by atoms with Gasteiger partial charge in [0.15, 0.2) is 5.69 Å². The molecule has 0 spiro atoms. The van der Waals surface area contributed by atoms with Gasteiger partial charge >= 0.3 is 6.03 Å². The molecule has 0 saturated carbocycles. The second kappa shape index (κ2) is 5.87. The summed E-state index contributed by atoms with van der Waals surface area (Å²) in [5.74, 6) is -0.143. The quantitative estimate of drug-likeness (QED) is 0.590. The number of hydrogen-bond acceptors (Lipinski definition) is 3. The highest BCUT2D eigenvalue weighted by atomic mass is 35.5. The molecule has 0 aliphatic carbocycles. The van der Waals surface area contributed by atoms with Crippen LogP contribution < -0.4 is 5.32 Å². The van der Waals surface area contributed by atoms with Gasteiger partial charge < -0.3 is 15.4 Å². The van der Waals surface area contributed by atoms with Gasteiger partial charge in [0.05, 0.1) is 16.2 Å². The first kappa shape index (κ1) is 14.1. The lowest BCUT2D eigenvalue weighted by molar-refractivity contribution is 0.258. The fourth-order valence-electron chi connectivity index (χ4n) is 2.01. The Kier molecular flexibility index (Phi) is 3.76. The molecule has 7 heteroatoms. The molecule has 0 aliphatic heterocycles. The molecule has 0 aliphatic rings. The summed E-state index contributed by atoms with van der Waals surface area (Å²) in [4.78, 5) is 14.5. The number of H-pyrrole nitrogens is 1. The van der Waals surface area contributed by atoms with Gasteiger partial charge in [-0.3, -0.25) is 0 Å². The number of nitrogens with zero attached hydrogens (tertiary/aromatic N) is 2. The molecule has 3 N–H and O–H groups in total. The fraction of sp³-hybridized carbons (Fsp3) is 0. The molecule has 3 aromatic rings. The number of urea groups is 1. The van der Waals surface area contributed by atoms with E-state index in [0.717, 1.165) is 0 Å². The summed E-state index contributed by atoms with van der Waals surface area (Å²) in [5.41, 5.74) is 1.36. The molecule has 0 bridgehead atoms. The second-order valence-electron chi connectivity index (χ2n) is 4.48. The number of hydrogen-bond donors (Lipinski definition) is 3. The third-order valence-electron chi connectivity index (χ3n) is 3.02. The standard InChI is InChI=1S/C15H11ClN4O2/c16-10-6-2-4-8-12(10)18-15(22)20-19-13-9-5-1-3-7-11(9)17-14(13)21/h1-8,17,21H,(H,18,22).